The van der Waals surface area contributed by atoms with Crippen molar-refractivity contribution < 1.29 is 54.2 Å². The number of rotatable bonds is 6. The SMILES string of the molecule is CC(C)(C)OC(=O)C[C@@H]1[C@@H](c2ccc(C(F)(F)F)cc2)N(C(=O)OCc2ccccc2)[C@H](c2ccc(C(F)(F)F)cc2)CC1(F)F. The minimum absolute atomic E-state index is 0.100. The summed E-state index contributed by atoms with van der Waals surface area (Å²) in [6.45, 7) is 4.24. The van der Waals surface area contributed by atoms with Crippen LogP contribution in [0.5, 0.6) is 0 Å². The highest BCUT2D eigenvalue weighted by Crippen LogP contribution is 2.54. The third-order valence-corrected chi connectivity index (χ3v) is 7.45. The average molecular weight is 658 g/mol. The van der Waals surface area contributed by atoms with Crippen LogP contribution in [0.1, 0.15) is 73.5 Å². The third kappa shape index (κ3) is 8.35. The Bertz CT molecular complexity index is 1500. The van der Waals surface area contributed by atoms with Gasteiger partial charge in [0.15, 0.2) is 0 Å². The summed E-state index contributed by atoms with van der Waals surface area (Å²) in [6.07, 6.45) is -12.7. The second-order valence-electron chi connectivity index (χ2n) is 12.0. The summed E-state index contributed by atoms with van der Waals surface area (Å²) in [7, 11) is 0. The number of likely N-dealkylation sites (tertiary alicyclic amines) is 1. The molecule has 248 valence electrons. The Labute approximate surface area is 260 Å². The van der Waals surface area contributed by atoms with Crippen molar-refractivity contribution in [3.8, 4) is 0 Å². The zero-order chi connectivity index (χ0) is 34.1. The molecule has 0 aromatic heterocycles. The van der Waals surface area contributed by atoms with Gasteiger partial charge in [-0.2, -0.15) is 26.3 Å². The second kappa shape index (κ2) is 12.9. The topological polar surface area (TPSA) is 55.8 Å². The lowest BCUT2D eigenvalue weighted by molar-refractivity contribution is -0.176. The molecule has 0 saturated carbocycles. The van der Waals surface area contributed by atoms with Crippen LogP contribution in [0.2, 0.25) is 0 Å². The van der Waals surface area contributed by atoms with Gasteiger partial charge in [0.2, 0.25) is 0 Å². The van der Waals surface area contributed by atoms with Gasteiger partial charge >= 0.3 is 24.4 Å². The molecule has 1 heterocycles. The molecule has 0 spiro atoms. The van der Waals surface area contributed by atoms with Gasteiger partial charge in [0.1, 0.15) is 12.2 Å². The van der Waals surface area contributed by atoms with Crippen molar-refractivity contribution in [1.82, 2.24) is 4.90 Å². The fourth-order valence-electron chi connectivity index (χ4n) is 5.42. The molecule has 46 heavy (non-hydrogen) atoms. The number of ether oxygens (including phenoxy) is 2. The first-order valence-corrected chi connectivity index (χ1v) is 14.2. The summed E-state index contributed by atoms with van der Waals surface area (Å²) < 4.78 is 123. The fraction of sp³-hybridized carbons (Fsp3) is 0.394. The summed E-state index contributed by atoms with van der Waals surface area (Å²) in [5.41, 5.74) is -2.95. The standard InChI is InChI=1S/C33H31F8NO4/c1-30(2,3)46-27(43)17-25-28(22-11-15-24(16-12-22)33(39,40)41)42(29(44)45-19-20-7-5-4-6-8-20)26(18-31(25,34)35)21-9-13-23(14-10-21)32(36,37)38/h4-16,25-26,28H,17-19H2,1-3H3/t25-,26+,28-/m1/s1. The van der Waals surface area contributed by atoms with Gasteiger partial charge < -0.3 is 9.47 Å². The highest BCUT2D eigenvalue weighted by molar-refractivity contribution is 5.72. The average Bonchev–Trinajstić information content (AvgIpc) is 2.95. The number of carbonyl (C=O) groups is 2. The molecule has 3 aromatic carbocycles. The smallest absolute Gasteiger partial charge is 0.416 e. The van der Waals surface area contributed by atoms with Gasteiger partial charge in [-0.3, -0.25) is 9.69 Å². The lowest BCUT2D eigenvalue weighted by Gasteiger charge is -2.49. The zero-order valence-electron chi connectivity index (χ0n) is 25.0. The predicted molar refractivity (Wildman–Crippen MR) is 150 cm³/mol. The number of halogens is 8. The van der Waals surface area contributed by atoms with E-state index in [-0.39, 0.29) is 17.7 Å². The maximum Gasteiger partial charge on any atom is 0.416 e. The van der Waals surface area contributed by atoms with Gasteiger partial charge in [-0.1, -0.05) is 54.6 Å². The van der Waals surface area contributed by atoms with Gasteiger partial charge in [-0.05, 0) is 61.7 Å². The van der Waals surface area contributed by atoms with E-state index in [1.165, 1.54) is 20.8 Å². The minimum Gasteiger partial charge on any atom is -0.460 e. The summed E-state index contributed by atoms with van der Waals surface area (Å²) in [5, 5.41) is 0. The van der Waals surface area contributed by atoms with E-state index in [0.717, 1.165) is 29.2 Å². The number of piperidine rings is 1. The number of benzene rings is 3. The van der Waals surface area contributed by atoms with Gasteiger partial charge in [0, 0.05) is 6.42 Å². The molecule has 0 aliphatic carbocycles. The van der Waals surface area contributed by atoms with E-state index in [0.29, 0.717) is 29.8 Å². The molecule has 3 aromatic rings. The Morgan fingerprint density at radius 2 is 1.28 bits per heavy atom. The number of alkyl halides is 8. The van der Waals surface area contributed by atoms with Gasteiger partial charge in [-0.25, -0.2) is 13.6 Å². The van der Waals surface area contributed by atoms with E-state index >= 15 is 8.78 Å². The lowest BCUT2D eigenvalue weighted by atomic mass is 9.75. The minimum atomic E-state index is -4.76. The van der Waals surface area contributed by atoms with Crippen LogP contribution in [0, 0.1) is 5.92 Å². The number of esters is 1. The molecule has 1 aliphatic heterocycles. The van der Waals surface area contributed by atoms with Crippen molar-refractivity contribution in [1.29, 1.82) is 0 Å². The third-order valence-electron chi connectivity index (χ3n) is 7.45. The molecule has 1 fully saturated rings. The highest BCUT2D eigenvalue weighted by atomic mass is 19.4. The molecule has 4 rings (SSSR count). The highest BCUT2D eigenvalue weighted by Gasteiger charge is 2.57. The quantitative estimate of drug-likeness (QED) is 0.196. The van der Waals surface area contributed by atoms with Gasteiger partial charge in [-0.15, -0.1) is 0 Å². The molecule has 0 N–H and O–H groups in total. The van der Waals surface area contributed by atoms with Crippen LogP contribution in [-0.4, -0.2) is 28.5 Å². The molecule has 0 unspecified atom stereocenters. The number of amides is 1. The molecule has 1 saturated heterocycles. The Kier molecular flexibility index (Phi) is 9.75. The maximum atomic E-state index is 16.2. The first-order chi connectivity index (χ1) is 21.3. The molecule has 5 nitrogen and oxygen atoms in total. The summed E-state index contributed by atoms with van der Waals surface area (Å²) in [4.78, 5) is 27.6. The first-order valence-electron chi connectivity index (χ1n) is 14.2. The van der Waals surface area contributed by atoms with Crippen LogP contribution in [0.4, 0.5) is 39.9 Å². The summed E-state index contributed by atoms with van der Waals surface area (Å²) >= 11 is 0. The largest absolute Gasteiger partial charge is 0.460 e. The van der Waals surface area contributed by atoms with Crippen LogP contribution >= 0.6 is 0 Å². The normalized spacial score (nSPS) is 20.2. The molecule has 0 bridgehead atoms. The van der Waals surface area contributed by atoms with Crippen molar-refractivity contribution in [3.05, 3.63) is 107 Å². The number of hydrogen-bond donors (Lipinski definition) is 0. The second-order valence-corrected chi connectivity index (χ2v) is 12.0. The molecule has 13 heteroatoms. The van der Waals surface area contributed by atoms with Crippen molar-refractivity contribution in [2.24, 2.45) is 5.92 Å². The number of carbonyl (C=O) groups excluding carboxylic acids is 2. The first kappa shape index (κ1) is 34.7. The van der Waals surface area contributed by atoms with E-state index in [2.05, 4.69) is 0 Å². The van der Waals surface area contributed by atoms with E-state index in [1.807, 2.05) is 0 Å². The van der Waals surface area contributed by atoms with Crippen LogP contribution in [0.15, 0.2) is 78.9 Å². The molecular formula is C33H31F8NO4. The molecule has 3 atom stereocenters. The van der Waals surface area contributed by atoms with Gasteiger partial charge in [0.05, 0.1) is 35.5 Å². The molecular weight excluding hydrogens is 626 g/mol. The maximum absolute atomic E-state index is 16.2. The Balaban J connectivity index is 1.86. The lowest BCUT2D eigenvalue weighted by Crippen LogP contribution is -2.53. The Morgan fingerprint density at radius 1 is 0.783 bits per heavy atom. The van der Waals surface area contributed by atoms with E-state index in [4.69, 9.17) is 9.47 Å². The van der Waals surface area contributed by atoms with E-state index in [9.17, 15) is 35.9 Å². The van der Waals surface area contributed by atoms with Crippen LogP contribution in [-0.2, 0) is 33.2 Å². The van der Waals surface area contributed by atoms with E-state index in [1.54, 1.807) is 30.3 Å². The summed E-state index contributed by atoms with van der Waals surface area (Å²) in [5.74, 6) is -6.80. The Hall–Kier alpha value is -4.16. The van der Waals surface area contributed by atoms with Crippen LogP contribution in [0.25, 0.3) is 0 Å². The van der Waals surface area contributed by atoms with Crippen molar-refractivity contribution in [2.75, 3.05) is 0 Å². The molecule has 0 radical (unpaired) electrons. The molecule has 1 aliphatic rings. The van der Waals surface area contributed by atoms with Crippen molar-refractivity contribution in [2.45, 2.75) is 76.2 Å². The van der Waals surface area contributed by atoms with Gasteiger partial charge in [0.25, 0.3) is 5.92 Å². The number of hydrogen-bond acceptors (Lipinski definition) is 4. The Morgan fingerprint density at radius 3 is 1.76 bits per heavy atom. The van der Waals surface area contributed by atoms with Crippen LogP contribution in [0.3, 0.4) is 0 Å². The van der Waals surface area contributed by atoms with Crippen LogP contribution < -0.4 is 0 Å². The molecule has 1 amide bonds. The monoisotopic (exact) mass is 657 g/mol. The fourth-order valence-corrected chi connectivity index (χ4v) is 5.42. The van der Waals surface area contributed by atoms with Crippen molar-refractivity contribution in [3.63, 3.8) is 0 Å². The summed E-state index contributed by atoms with van der Waals surface area (Å²) in [6, 6.07) is 11.4. The van der Waals surface area contributed by atoms with E-state index < -0.39 is 77.9 Å². The number of nitrogens with zero attached hydrogens (tertiary/aromatic N) is 1. The van der Waals surface area contributed by atoms with Crippen molar-refractivity contribution >= 4 is 12.1 Å². The predicted octanol–water partition coefficient (Wildman–Crippen LogP) is 9.53. The zero-order valence-corrected chi connectivity index (χ0v) is 25.0.